The van der Waals surface area contributed by atoms with Gasteiger partial charge in [-0.05, 0) is 11.6 Å². The second-order valence-corrected chi connectivity index (χ2v) is 5.22. The molecule has 0 aliphatic rings. The molecule has 2 rings (SSSR count). The van der Waals surface area contributed by atoms with E-state index in [9.17, 15) is 14.9 Å². The highest BCUT2D eigenvalue weighted by atomic mass is 32.2. The number of nitro benzene ring substituents is 1. The van der Waals surface area contributed by atoms with Crippen molar-refractivity contribution in [2.75, 3.05) is 7.11 Å². The summed E-state index contributed by atoms with van der Waals surface area (Å²) < 4.78 is 4.69. The molecule has 5 nitrogen and oxygen atoms in total. The molecule has 0 saturated carbocycles. The van der Waals surface area contributed by atoms with Gasteiger partial charge in [-0.1, -0.05) is 30.3 Å². The van der Waals surface area contributed by atoms with E-state index in [2.05, 4.69) is 4.74 Å². The number of esters is 1. The van der Waals surface area contributed by atoms with Crippen molar-refractivity contribution in [1.29, 1.82) is 0 Å². The van der Waals surface area contributed by atoms with Crippen molar-refractivity contribution in [1.82, 2.24) is 0 Å². The lowest BCUT2D eigenvalue weighted by Gasteiger charge is -2.07. The monoisotopic (exact) mass is 303 g/mol. The van der Waals surface area contributed by atoms with Crippen molar-refractivity contribution in [3.8, 4) is 0 Å². The van der Waals surface area contributed by atoms with Gasteiger partial charge < -0.3 is 4.74 Å². The number of nitro groups is 1. The third kappa shape index (κ3) is 3.82. The van der Waals surface area contributed by atoms with Crippen LogP contribution < -0.4 is 0 Å². The molecule has 2 aromatic carbocycles. The summed E-state index contributed by atoms with van der Waals surface area (Å²) in [5.41, 5.74) is 1.20. The highest BCUT2D eigenvalue weighted by Crippen LogP contribution is 2.29. The van der Waals surface area contributed by atoms with Gasteiger partial charge in [0.2, 0.25) is 0 Å². The molecule has 0 aromatic heterocycles. The molecule has 0 fully saturated rings. The minimum absolute atomic E-state index is 0.125. The molecule has 0 aliphatic carbocycles. The van der Waals surface area contributed by atoms with Crippen molar-refractivity contribution in [3.63, 3.8) is 0 Å². The first-order valence-electron chi connectivity index (χ1n) is 6.15. The normalized spacial score (nSPS) is 10.1. The van der Waals surface area contributed by atoms with Crippen molar-refractivity contribution in [3.05, 3.63) is 69.8 Å². The molecule has 21 heavy (non-hydrogen) atoms. The van der Waals surface area contributed by atoms with Crippen molar-refractivity contribution in [2.24, 2.45) is 0 Å². The average Bonchev–Trinajstić information content (AvgIpc) is 2.52. The predicted octanol–water partition coefficient (Wildman–Crippen LogP) is 3.67. The Morgan fingerprint density at radius 3 is 2.57 bits per heavy atom. The van der Waals surface area contributed by atoms with Crippen LogP contribution in [0.1, 0.15) is 15.9 Å². The lowest BCUT2D eigenvalue weighted by atomic mass is 10.2. The quantitative estimate of drug-likeness (QED) is 0.365. The van der Waals surface area contributed by atoms with Gasteiger partial charge in [0.05, 0.1) is 17.6 Å². The minimum Gasteiger partial charge on any atom is -0.465 e. The molecule has 0 spiro atoms. The van der Waals surface area contributed by atoms with Gasteiger partial charge in [0.1, 0.15) is 0 Å². The van der Waals surface area contributed by atoms with Gasteiger partial charge in [0.15, 0.2) is 0 Å². The first-order chi connectivity index (χ1) is 10.1. The van der Waals surface area contributed by atoms with Gasteiger partial charge in [-0.15, -0.1) is 11.8 Å². The Balaban J connectivity index is 2.25. The molecule has 108 valence electrons. The molecule has 2 aromatic rings. The van der Waals surface area contributed by atoms with Gasteiger partial charge >= 0.3 is 5.97 Å². The number of ether oxygens (including phenoxy) is 1. The lowest BCUT2D eigenvalue weighted by molar-refractivity contribution is -0.384. The van der Waals surface area contributed by atoms with E-state index in [-0.39, 0.29) is 11.3 Å². The van der Waals surface area contributed by atoms with Crippen LogP contribution in [-0.4, -0.2) is 18.0 Å². The number of non-ortho nitro benzene ring substituents is 1. The van der Waals surface area contributed by atoms with Crippen LogP contribution in [-0.2, 0) is 10.5 Å². The van der Waals surface area contributed by atoms with Crippen LogP contribution in [0.4, 0.5) is 5.69 Å². The van der Waals surface area contributed by atoms with E-state index in [1.165, 1.54) is 31.0 Å². The molecule has 0 bridgehead atoms. The fourth-order valence-corrected chi connectivity index (χ4v) is 2.74. The molecule has 0 heterocycles. The molecule has 0 amide bonds. The van der Waals surface area contributed by atoms with E-state index in [4.69, 9.17) is 0 Å². The van der Waals surface area contributed by atoms with Crippen LogP contribution in [0.15, 0.2) is 53.4 Å². The lowest BCUT2D eigenvalue weighted by Crippen LogP contribution is -2.04. The zero-order valence-corrected chi connectivity index (χ0v) is 12.1. The maximum absolute atomic E-state index is 11.8. The van der Waals surface area contributed by atoms with Crippen LogP contribution in [0.5, 0.6) is 0 Å². The Morgan fingerprint density at radius 1 is 1.24 bits per heavy atom. The number of hydrogen-bond donors (Lipinski definition) is 0. The summed E-state index contributed by atoms with van der Waals surface area (Å²) in [6.07, 6.45) is 0. The van der Waals surface area contributed by atoms with Crippen molar-refractivity contribution in [2.45, 2.75) is 10.6 Å². The number of thioether (sulfide) groups is 1. The fourth-order valence-electron chi connectivity index (χ4n) is 1.76. The van der Waals surface area contributed by atoms with E-state index in [0.717, 1.165) is 5.56 Å². The smallest absolute Gasteiger partial charge is 0.339 e. The van der Waals surface area contributed by atoms with E-state index < -0.39 is 10.9 Å². The standard InChI is InChI=1S/C15H13NO4S/c1-20-15(17)13-9-12(16(18)19)7-8-14(13)21-10-11-5-3-2-4-6-11/h2-9H,10H2,1H3. The molecular formula is C15H13NO4S. The van der Waals surface area contributed by atoms with E-state index in [1.807, 2.05) is 30.3 Å². The maximum atomic E-state index is 11.8. The number of methoxy groups -OCH3 is 1. The zero-order valence-electron chi connectivity index (χ0n) is 11.3. The zero-order chi connectivity index (χ0) is 15.2. The molecule has 6 heteroatoms. The Bertz CT molecular complexity index is 658. The highest BCUT2D eigenvalue weighted by Gasteiger charge is 2.17. The van der Waals surface area contributed by atoms with Crippen molar-refractivity contribution < 1.29 is 14.5 Å². The minimum atomic E-state index is -0.575. The summed E-state index contributed by atoms with van der Waals surface area (Å²) in [4.78, 5) is 22.7. The van der Waals surface area contributed by atoms with Crippen LogP contribution >= 0.6 is 11.8 Å². The molecule has 0 atom stereocenters. The number of carbonyl (C=O) groups is 1. The van der Waals surface area contributed by atoms with Gasteiger partial charge in [-0.3, -0.25) is 10.1 Å². The molecule has 0 unspecified atom stereocenters. The Hall–Kier alpha value is -2.34. The summed E-state index contributed by atoms with van der Waals surface area (Å²) in [7, 11) is 1.26. The van der Waals surface area contributed by atoms with Crippen molar-refractivity contribution >= 4 is 23.4 Å². The Labute approximate surface area is 126 Å². The molecule has 0 N–H and O–H groups in total. The number of carbonyl (C=O) groups excluding carboxylic acids is 1. The van der Waals surface area contributed by atoms with E-state index in [0.29, 0.717) is 10.6 Å². The first kappa shape index (κ1) is 15.1. The fraction of sp³-hybridized carbons (Fsp3) is 0.133. The average molecular weight is 303 g/mol. The molecular weight excluding hydrogens is 290 g/mol. The van der Waals surface area contributed by atoms with Gasteiger partial charge in [-0.2, -0.15) is 0 Å². The maximum Gasteiger partial charge on any atom is 0.339 e. The van der Waals surface area contributed by atoms with E-state index >= 15 is 0 Å². The summed E-state index contributed by atoms with van der Waals surface area (Å²) in [6, 6.07) is 14.0. The summed E-state index contributed by atoms with van der Waals surface area (Å²) >= 11 is 1.44. The highest BCUT2D eigenvalue weighted by molar-refractivity contribution is 7.98. The SMILES string of the molecule is COC(=O)c1cc([N+](=O)[O-])ccc1SCc1ccccc1. The largest absolute Gasteiger partial charge is 0.465 e. The van der Waals surface area contributed by atoms with Crippen LogP contribution in [0, 0.1) is 10.1 Å². The van der Waals surface area contributed by atoms with Gasteiger partial charge in [0.25, 0.3) is 5.69 Å². The second-order valence-electron chi connectivity index (χ2n) is 4.20. The molecule has 0 radical (unpaired) electrons. The predicted molar refractivity (Wildman–Crippen MR) is 80.4 cm³/mol. The molecule has 0 saturated heterocycles. The Morgan fingerprint density at radius 2 is 1.95 bits per heavy atom. The third-order valence-electron chi connectivity index (χ3n) is 2.82. The third-order valence-corrected chi connectivity index (χ3v) is 3.96. The summed E-state index contributed by atoms with van der Waals surface area (Å²) in [5, 5.41) is 10.8. The number of benzene rings is 2. The van der Waals surface area contributed by atoms with Gasteiger partial charge in [-0.25, -0.2) is 4.79 Å². The first-order valence-corrected chi connectivity index (χ1v) is 7.14. The van der Waals surface area contributed by atoms with Crippen LogP contribution in [0.3, 0.4) is 0 Å². The second kappa shape index (κ2) is 6.90. The number of hydrogen-bond acceptors (Lipinski definition) is 5. The van der Waals surface area contributed by atoms with Gasteiger partial charge in [0, 0.05) is 22.8 Å². The number of rotatable bonds is 5. The number of nitrogens with zero attached hydrogens (tertiary/aromatic N) is 1. The topological polar surface area (TPSA) is 69.4 Å². The van der Waals surface area contributed by atoms with Crippen LogP contribution in [0.2, 0.25) is 0 Å². The van der Waals surface area contributed by atoms with E-state index in [1.54, 1.807) is 6.07 Å². The Kier molecular flexibility index (Phi) is 4.94. The molecule has 0 aliphatic heterocycles. The van der Waals surface area contributed by atoms with Crippen LogP contribution in [0.25, 0.3) is 0 Å². The summed E-state index contributed by atoms with van der Waals surface area (Å²) in [5.74, 6) is 0.0945. The summed E-state index contributed by atoms with van der Waals surface area (Å²) in [6.45, 7) is 0.